The third-order valence-electron chi connectivity index (χ3n) is 4.33. The Kier molecular flexibility index (Phi) is 3.30. The summed E-state index contributed by atoms with van der Waals surface area (Å²) in [6.07, 6.45) is 2.32. The van der Waals surface area contributed by atoms with Gasteiger partial charge in [0.2, 0.25) is 0 Å². The van der Waals surface area contributed by atoms with Crippen molar-refractivity contribution in [1.82, 2.24) is 20.2 Å². The van der Waals surface area contributed by atoms with Crippen LogP contribution in [0.25, 0.3) is 0 Å². The van der Waals surface area contributed by atoms with Gasteiger partial charge in [-0.05, 0) is 34.1 Å². The highest BCUT2D eigenvalue weighted by Gasteiger charge is 2.55. The maximum Gasteiger partial charge on any atom is 0.325 e. The van der Waals surface area contributed by atoms with Crippen molar-refractivity contribution in [2.45, 2.75) is 45.7 Å². The highest BCUT2D eigenvalue weighted by molar-refractivity contribution is 6.08. The number of aromatic nitrogens is 2. The lowest BCUT2D eigenvalue weighted by atomic mass is 9.98. The summed E-state index contributed by atoms with van der Waals surface area (Å²) >= 11 is 0. The van der Waals surface area contributed by atoms with Crippen molar-refractivity contribution in [2.24, 2.45) is 0 Å². The molecular weight excluding hydrogens is 282 g/mol. The van der Waals surface area contributed by atoms with Crippen LogP contribution in [-0.4, -0.2) is 51.5 Å². The molecule has 3 rings (SSSR count). The first-order valence-electron chi connectivity index (χ1n) is 7.55. The Morgan fingerprint density at radius 3 is 2.68 bits per heavy atom. The van der Waals surface area contributed by atoms with E-state index in [2.05, 4.69) is 15.3 Å². The highest BCUT2D eigenvalue weighted by atomic mass is 16.2. The van der Waals surface area contributed by atoms with Crippen molar-refractivity contribution in [3.63, 3.8) is 0 Å². The van der Waals surface area contributed by atoms with Gasteiger partial charge in [-0.15, -0.1) is 0 Å². The summed E-state index contributed by atoms with van der Waals surface area (Å²) in [5, 5.41) is 2.89. The number of aryl methyl sites for hydroxylation is 2. The number of nitrogens with zero attached hydrogens (tertiary/aromatic N) is 4. The molecule has 118 valence electrons. The van der Waals surface area contributed by atoms with Gasteiger partial charge < -0.3 is 10.2 Å². The molecule has 1 spiro atoms. The molecule has 1 N–H and O–H groups in total. The first-order chi connectivity index (χ1) is 10.3. The summed E-state index contributed by atoms with van der Waals surface area (Å²) in [4.78, 5) is 37.0. The lowest BCUT2D eigenvalue weighted by molar-refractivity contribution is -0.131. The number of urea groups is 1. The summed E-state index contributed by atoms with van der Waals surface area (Å²) in [6, 6.07) is -0.435. The SMILES string of the molecule is Cc1cnc(C)c(N2CCC3(C2)NC(=O)N(C(C)C)C3=O)n1. The van der Waals surface area contributed by atoms with E-state index in [-0.39, 0.29) is 18.0 Å². The molecule has 3 heterocycles. The summed E-state index contributed by atoms with van der Waals surface area (Å²) in [5.74, 6) is 0.662. The number of carbonyl (C=O) groups is 2. The Bertz CT molecular complexity index is 645. The zero-order chi connectivity index (χ0) is 16.1. The minimum atomic E-state index is -0.820. The monoisotopic (exact) mass is 303 g/mol. The van der Waals surface area contributed by atoms with Crippen molar-refractivity contribution in [3.8, 4) is 0 Å². The smallest absolute Gasteiger partial charge is 0.325 e. The van der Waals surface area contributed by atoms with Crippen molar-refractivity contribution < 1.29 is 9.59 Å². The lowest BCUT2D eigenvalue weighted by Crippen LogP contribution is -2.49. The number of imide groups is 1. The molecule has 1 aromatic heterocycles. The minimum Gasteiger partial charge on any atom is -0.352 e. The molecule has 1 atom stereocenters. The third kappa shape index (κ3) is 2.12. The van der Waals surface area contributed by atoms with E-state index in [1.807, 2.05) is 32.6 Å². The van der Waals surface area contributed by atoms with Gasteiger partial charge in [0.25, 0.3) is 5.91 Å². The molecule has 0 radical (unpaired) electrons. The van der Waals surface area contributed by atoms with Crippen molar-refractivity contribution in [3.05, 3.63) is 17.6 Å². The fourth-order valence-corrected chi connectivity index (χ4v) is 3.20. The molecule has 2 saturated heterocycles. The van der Waals surface area contributed by atoms with Crippen LogP contribution >= 0.6 is 0 Å². The Morgan fingerprint density at radius 2 is 2.05 bits per heavy atom. The summed E-state index contributed by atoms with van der Waals surface area (Å²) in [6.45, 7) is 8.61. The Labute approximate surface area is 129 Å². The number of amides is 3. The average Bonchev–Trinajstić information content (AvgIpc) is 2.96. The molecule has 0 aliphatic carbocycles. The quantitative estimate of drug-likeness (QED) is 0.825. The molecule has 22 heavy (non-hydrogen) atoms. The predicted octanol–water partition coefficient (Wildman–Crippen LogP) is 1.00. The zero-order valence-corrected chi connectivity index (χ0v) is 13.4. The Balaban J connectivity index is 1.87. The van der Waals surface area contributed by atoms with E-state index in [1.165, 1.54) is 4.90 Å². The van der Waals surface area contributed by atoms with E-state index >= 15 is 0 Å². The number of carbonyl (C=O) groups excluding carboxylic acids is 2. The minimum absolute atomic E-state index is 0.131. The third-order valence-corrected chi connectivity index (χ3v) is 4.33. The highest BCUT2D eigenvalue weighted by Crippen LogP contribution is 2.32. The Morgan fingerprint density at radius 1 is 1.32 bits per heavy atom. The summed E-state index contributed by atoms with van der Waals surface area (Å²) < 4.78 is 0. The van der Waals surface area contributed by atoms with Crippen LogP contribution in [0.15, 0.2) is 6.20 Å². The number of nitrogens with one attached hydrogen (secondary N) is 1. The molecule has 2 aliphatic rings. The molecule has 0 saturated carbocycles. The van der Waals surface area contributed by atoms with E-state index in [0.29, 0.717) is 19.5 Å². The fourth-order valence-electron chi connectivity index (χ4n) is 3.20. The van der Waals surface area contributed by atoms with Crippen LogP contribution in [0.3, 0.4) is 0 Å². The maximum atomic E-state index is 12.7. The Hall–Kier alpha value is -2.18. The van der Waals surface area contributed by atoms with Gasteiger partial charge in [0, 0.05) is 18.8 Å². The van der Waals surface area contributed by atoms with E-state index in [1.54, 1.807) is 6.20 Å². The van der Waals surface area contributed by atoms with Gasteiger partial charge in [-0.2, -0.15) is 0 Å². The van der Waals surface area contributed by atoms with Crippen LogP contribution in [-0.2, 0) is 4.79 Å². The van der Waals surface area contributed by atoms with E-state index < -0.39 is 5.54 Å². The van der Waals surface area contributed by atoms with Crippen LogP contribution in [0.2, 0.25) is 0 Å². The topological polar surface area (TPSA) is 78.4 Å². The molecule has 3 amide bonds. The molecule has 1 aromatic rings. The van der Waals surface area contributed by atoms with Gasteiger partial charge in [-0.1, -0.05) is 0 Å². The molecule has 7 heteroatoms. The van der Waals surface area contributed by atoms with Gasteiger partial charge in [-0.25, -0.2) is 9.78 Å². The van der Waals surface area contributed by atoms with Gasteiger partial charge >= 0.3 is 6.03 Å². The van der Waals surface area contributed by atoms with Gasteiger partial charge in [-0.3, -0.25) is 14.7 Å². The van der Waals surface area contributed by atoms with Crippen LogP contribution < -0.4 is 10.2 Å². The average molecular weight is 303 g/mol. The molecule has 2 fully saturated rings. The lowest BCUT2D eigenvalue weighted by Gasteiger charge is -2.24. The normalized spacial score (nSPS) is 24.8. The standard InChI is InChI=1S/C15H21N5O2/c1-9(2)20-13(21)15(18-14(20)22)5-6-19(8-15)12-11(4)16-7-10(3)17-12/h7,9H,5-6,8H2,1-4H3,(H,18,22). The fraction of sp³-hybridized carbons (Fsp3) is 0.600. The van der Waals surface area contributed by atoms with E-state index in [9.17, 15) is 9.59 Å². The second-order valence-electron chi connectivity index (χ2n) is 6.37. The zero-order valence-electron chi connectivity index (χ0n) is 13.4. The van der Waals surface area contributed by atoms with Crippen molar-refractivity contribution in [2.75, 3.05) is 18.0 Å². The van der Waals surface area contributed by atoms with Gasteiger partial charge in [0.1, 0.15) is 11.4 Å². The van der Waals surface area contributed by atoms with Gasteiger partial charge in [0.05, 0.1) is 17.9 Å². The number of hydrogen-bond acceptors (Lipinski definition) is 5. The second-order valence-corrected chi connectivity index (χ2v) is 6.37. The first-order valence-corrected chi connectivity index (χ1v) is 7.55. The van der Waals surface area contributed by atoms with Crippen LogP contribution in [0.1, 0.15) is 31.7 Å². The first kappa shape index (κ1) is 14.7. The predicted molar refractivity (Wildman–Crippen MR) is 81.6 cm³/mol. The number of anilines is 1. The van der Waals surface area contributed by atoms with Crippen molar-refractivity contribution in [1.29, 1.82) is 0 Å². The van der Waals surface area contributed by atoms with Crippen LogP contribution in [0.5, 0.6) is 0 Å². The molecule has 1 unspecified atom stereocenters. The summed E-state index contributed by atoms with van der Waals surface area (Å²) in [7, 11) is 0. The van der Waals surface area contributed by atoms with E-state index in [0.717, 1.165) is 17.2 Å². The van der Waals surface area contributed by atoms with E-state index in [4.69, 9.17) is 0 Å². The second kappa shape index (κ2) is 4.93. The molecule has 0 aromatic carbocycles. The van der Waals surface area contributed by atoms with Crippen LogP contribution in [0, 0.1) is 13.8 Å². The maximum absolute atomic E-state index is 12.7. The van der Waals surface area contributed by atoms with Crippen LogP contribution in [0.4, 0.5) is 10.6 Å². The molecule has 2 aliphatic heterocycles. The van der Waals surface area contributed by atoms with Gasteiger partial charge in [0.15, 0.2) is 0 Å². The molecule has 7 nitrogen and oxygen atoms in total. The number of hydrogen-bond donors (Lipinski definition) is 1. The molecule has 0 bridgehead atoms. The summed E-state index contributed by atoms with van der Waals surface area (Å²) in [5.41, 5.74) is 0.853. The molecular formula is C15H21N5O2. The van der Waals surface area contributed by atoms with Crippen molar-refractivity contribution >= 4 is 17.8 Å². The largest absolute Gasteiger partial charge is 0.352 e. The number of rotatable bonds is 2.